The first-order chi connectivity index (χ1) is 12.9. The molecule has 1 aliphatic heterocycles. The van der Waals surface area contributed by atoms with Crippen molar-refractivity contribution in [1.29, 1.82) is 0 Å². The Morgan fingerprint density at radius 1 is 1.07 bits per heavy atom. The summed E-state index contributed by atoms with van der Waals surface area (Å²) in [6.45, 7) is 18.5. The largest absolute Gasteiger partial charge is 0.394 e. The molecule has 1 N–H and O–H groups in total. The standard InChI is InChI=1S/C23H40O3SSi/c1-17(16-27-19-12-10-9-11-13-19)21(24)18(2)20-14-15-25-28(26-20,22(3,4)5)23(6,7)8/h9-13,17-18,20-21,24H,14-16H2,1-8H3/t17-,18-,20-,21+/m0/s1. The SMILES string of the molecule is C[C@H]([C@H](O)[C@@H](C)CSc1ccccc1)[C@@H]1CCO[Si](C(C)(C)C)(C(C)(C)C)O1. The van der Waals surface area contributed by atoms with E-state index in [1.807, 2.05) is 17.8 Å². The molecule has 0 radical (unpaired) electrons. The van der Waals surface area contributed by atoms with Crippen molar-refractivity contribution in [2.75, 3.05) is 12.4 Å². The van der Waals surface area contributed by atoms with Gasteiger partial charge in [0.15, 0.2) is 0 Å². The van der Waals surface area contributed by atoms with Crippen molar-refractivity contribution in [3.63, 3.8) is 0 Å². The summed E-state index contributed by atoms with van der Waals surface area (Å²) in [6, 6.07) is 10.4. The number of thioether (sulfide) groups is 1. The molecular weight excluding hydrogens is 384 g/mol. The zero-order valence-electron chi connectivity index (χ0n) is 19.0. The van der Waals surface area contributed by atoms with Crippen LogP contribution < -0.4 is 0 Å². The van der Waals surface area contributed by atoms with Gasteiger partial charge in [-0.1, -0.05) is 73.6 Å². The lowest BCUT2D eigenvalue weighted by atomic mass is 9.89. The van der Waals surface area contributed by atoms with Gasteiger partial charge in [-0.2, -0.15) is 0 Å². The van der Waals surface area contributed by atoms with Gasteiger partial charge in [-0.15, -0.1) is 11.8 Å². The minimum Gasteiger partial charge on any atom is -0.394 e. The predicted molar refractivity (Wildman–Crippen MR) is 122 cm³/mol. The number of hydrogen-bond donors (Lipinski definition) is 1. The fraction of sp³-hybridized carbons (Fsp3) is 0.739. The lowest BCUT2D eigenvalue weighted by Gasteiger charge is -2.54. The summed E-state index contributed by atoms with van der Waals surface area (Å²) in [5, 5.41) is 11.0. The second-order valence-corrected chi connectivity index (χ2v) is 16.2. The Labute approximate surface area is 177 Å². The lowest BCUT2D eigenvalue weighted by molar-refractivity contribution is -0.0499. The third-order valence-corrected chi connectivity index (χ3v) is 12.5. The van der Waals surface area contributed by atoms with E-state index in [4.69, 9.17) is 8.85 Å². The molecule has 1 fully saturated rings. The van der Waals surface area contributed by atoms with E-state index in [1.54, 1.807) is 0 Å². The van der Waals surface area contributed by atoms with Crippen molar-refractivity contribution in [3.8, 4) is 0 Å². The second-order valence-electron chi connectivity index (χ2n) is 10.4. The Hall–Kier alpha value is -0.333. The predicted octanol–water partition coefficient (Wildman–Crippen LogP) is 6.26. The second kappa shape index (κ2) is 9.21. The van der Waals surface area contributed by atoms with Crippen molar-refractivity contribution in [2.24, 2.45) is 11.8 Å². The van der Waals surface area contributed by atoms with Crippen molar-refractivity contribution < 1.29 is 14.0 Å². The Morgan fingerprint density at radius 3 is 2.18 bits per heavy atom. The van der Waals surface area contributed by atoms with Gasteiger partial charge in [-0.25, -0.2) is 0 Å². The van der Waals surface area contributed by atoms with Crippen LogP contribution in [-0.4, -0.2) is 38.2 Å². The number of aliphatic hydroxyl groups is 1. The Balaban J connectivity index is 2.06. The van der Waals surface area contributed by atoms with Gasteiger partial charge in [0, 0.05) is 33.2 Å². The van der Waals surface area contributed by atoms with Crippen LogP contribution in [0.2, 0.25) is 10.1 Å². The summed E-state index contributed by atoms with van der Waals surface area (Å²) >= 11 is 1.81. The molecule has 0 spiro atoms. The molecule has 0 saturated carbocycles. The maximum atomic E-state index is 11.1. The van der Waals surface area contributed by atoms with Crippen LogP contribution in [0.3, 0.4) is 0 Å². The molecule has 1 saturated heterocycles. The quantitative estimate of drug-likeness (QED) is 0.432. The normalized spacial score (nSPS) is 23.8. The molecule has 1 aliphatic rings. The monoisotopic (exact) mass is 424 g/mol. The van der Waals surface area contributed by atoms with Crippen LogP contribution in [0.25, 0.3) is 0 Å². The number of aliphatic hydroxyl groups excluding tert-OH is 1. The molecule has 1 aromatic rings. The van der Waals surface area contributed by atoms with E-state index in [1.165, 1.54) is 4.90 Å². The van der Waals surface area contributed by atoms with Gasteiger partial charge in [-0.3, -0.25) is 0 Å². The first-order valence-corrected chi connectivity index (χ1v) is 13.4. The molecule has 1 heterocycles. The summed E-state index contributed by atoms with van der Waals surface area (Å²) < 4.78 is 13.3. The van der Waals surface area contributed by atoms with Crippen molar-refractivity contribution in [1.82, 2.24) is 0 Å². The zero-order chi connectivity index (χ0) is 21.2. The Morgan fingerprint density at radius 2 is 1.64 bits per heavy atom. The minimum absolute atomic E-state index is 0.0244. The fourth-order valence-electron chi connectivity index (χ4n) is 4.49. The molecule has 1 aromatic carbocycles. The van der Waals surface area contributed by atoms with E-state index < -0.39 is 8.56 Å². The fourth-order valence-corrected chi connectivity index (χ4v) is 10.5. The summed E-state index contributed by atoms with van der Waals surface area (Å²) in [5.74, 6) is 1.19. The maximum absolute atomic E-state index is 11.1. The van der Waals surface area contributed by atoms with E-state index >= 15 is 0 Å². The highest BCUT2D eigenvalue weighted by Gasteiger charge is 2.61. The summed E-state index contributed by atoms with van der Waals surface area (Å²) in [5.41, 5.74) is 0. The van der Waals surface area contributed by atoms with E-state index in [-0.39, 0.29) is 34.1 Å². The van der Waals surface area contributed by atoms with Crippen molar-refractivity contribution in [2.45, 2.75) is 89.0 Å². The molecule has 3 nitrogen and oxygen atoms in total. The van der Waals surface area contributed by atoms with Gasteiger partial charge < -0.3 is 14.0 Å². The van der Waals surface area contributed by atoms with E-state index in [9.17, 15) is 5.11 Å². The average molecular weight is 425 g/mol. The highest BCUT2D eigenvalue weighted by molar-refractivity contribution is 7.99. The number of hydrogen-bond acceptors (Lipinski definition) is 4. The third kappa shape index (κ3) is 5.23. The first kappa shape index (κ1) is 23.9. The molecule has 160 valence electrons. The van der Waals surface area contributed by atoms with Gasteiger partial charge in [0.1, 0.15) is 0 Å². The smallest absolute Gasteiger partial charge is 0.349 e. The molecular formula is C23H40O3SSi. The Bertz CT molecular complexity index is 595. The topological polar surface area (TPSA) is 38.7 Å². The lowest BCUT2D eigenvalue weighted by Crippen LogP contribution is -2.63. The van der Waals surface area contributed by atoms with Gasteiger partial charge in [0.05, 0.1) is 12.2 Å². The molecule has 4 atom stereocenters. The van der Waals surface area contributed by atoms with Crippen LogP contribution >= 0.6 is 11.8 Å². The van der Waals surface area contributed by atoms with Crippen molar-refractivity contribution >= 4 is 20.3 Å². The molecule has 2 rings (SSSR count). The van der Waals surface area contributed by atoms with Gasteiger partial charge >= 0.3 is 8.56 Å². The van der Waals surface area contributed by atoms with Crippen LogP contribution in [-0.2, 0) is 8.85 Å². The van der Waals surface area contributed by atoms with Gasteiger partial charge in [0.2, 0.25) is 0 Å². The minimum atomic E-state index is -2.48. The highest BCUT2D eigenvalue weighted by atomic mass is 32.2. The maximum Gasteiger partial charge on any atom is 0.349 e. The Kier molecular flexibility index (Phi) is 7.88. The molecule has 5 heteroatoms. The first-order valence-electron chi connectivity index (χ1n) is 10.6. The van der Waals surface area contributed by atoms with Crippen LogP contribution in [0.1, 0.15) is 61.8 Å². The van der Waals surface area contributed by atoms with E-state index in [2.05, 4.69) is 79.7 Å². The van der Waals surface area contributed by atoms with Crippen LogP contribution in [0.4, 0.5) is 0 Å². The summed E-state index contributed by atoms with van der Waals surface area (Å²) in [6.07, 6.45) is 0.529. The highest BCUT2D eigenvalue weighted by Crippen LogP contribution is 2.54. The number of rotatable bonds is 6. The average Bonchev–Trinajstić information content (AvgIpc) is 2.64. The summed E-state index contributed by atoms with van der Waals surface area (Å²) in [4.78, 5) is 1.25. The molecule has 0 amide bonds. The van der Waals surface area contributed by atoms with Crippen molar-refractivity contribution in [3.05, 3.63) is 30.3 Å². The van der Waals surface area contributed by atoms with E-state index in [0.717, 1.165) is 18.8 Å². The van der Waals surface area contributed by atoms with Crippen LogP contribution in [0.5, 0.6) is 0 Å². The molecule has 0 bridgehead atoms. The molecule has 0 aromatic heterocycles. The molecule has 0 aliphatic carbocycles. The summed E-state index contributed by atoms with van der Waals surface area (Å²) in [7, 11) is -2.48. The molecule has 28 heavy (non-hydrogen) atoms. The van der Waals surface area contributed by atoms with Crippen LogP contribution in [0, 0.1) is 11.8 Å². The molecule has 0 unspecified atom stereocenters. The van der Waals surface area contributed by atoms with E-state index in [0.29, 0.717) is 0 Å². The van der Waals surface area contributed by atoms with Gasteiger partial charge in [-0.05, 0) is 24.5 Å². The van der Waals surface area contributed by atoms with Crippen LogP contribution in [0.15, 0.2) is 35.2 Å². The zero-order valence-corrected chi connectivity index (χ0v) is 20.8. The van der Waals surface area contributed by atoms with Gasteiger partial charge in [0.25, 0.3) is 0 Å². The third-order valence-electron chi connectivity index (χ3n) is 5.96. The number of benzene rings is 1.